The van der Waals surface area contributed by atoms with E-state index in [0.717, 1.165) is 0 Å². The van der Waals surface area contributed by atoms with Gasteiger partial charge in [0, 0.05) is 23.2 Å². The molecule has 0 amide bonds. The molecule has 20 heavy (non-hydrogen) atoms. The predicted molar refractivity (Wildman–Crippen MR) is 80.1 cm³/mol. The molecule has 0 heterocycles. The third kappa shape index (κ3) is 5.36. The van der Waals surface area contributed by atoms with Gasteiger partial charge in [0.1, 0.15) is 18.5 Å². The van der Waals surface area contributed by atoms with Crippen LogP contribution in [0.5, 0.6) is 5.75 Å². The second-order valence-corrected chi connectivity index (χ2v) is 5.29. The van der Waals surface area contributed by atoms with E-state index in [-0.39, 0.29) is 6.61 Å². The first kappa shape index (κ1) is 16.8. The van der Waals surface area contributed by atoms with E-state index >= 15 is 0 Å². The van der Waals surface area contributed by atoms with Crippen molar-refractivity contribution in [3.8, 4) is 5.75 Å². The first-order valence-corrected chi connectivity index (χ1v) is 6.84. The summed E-state index contributed by atoms with van der Waals surface area (Å²) in [6.07, 6.45) is -0.618. The van der Waals surface area contributed by atoms with Gasteiger partial charge < -0.3 is 20.4 Å². The molecule has 1 aromatic carbocycles. The molecule has 1 atom stereocenters. The number of aliphatic hydroxyl groups excluding tert-OH is 1. The first-order valence-electron chi connectivity index (χ1n) is 6.47. The average molecular weight is 301 g/mol. The predicted octanol–water partition coefficient (Wildman–Crippen LogP) is 2.28. The minimum absolute atomic E-state index is 0.146. The number of benzene rings is 1. The lowest BCUT2D eigenvalue weighted by Crippen LogP contribution is -2.35. The van der Waals surface area contributed by atoms with Crippen LogP contribution in [0.15, 0.2) is 23.4 Å². The highest BCUT2D eigenvalue weighted by Gasteiger charge is 2.11. The fraction of sp³-hybridized carbons (Fsp3) is 0.500. The van der Waals surface area contributed by atoms with Gasteiger partial charge in [0.05, 0.1) is 5.71 Å². The Morgan fingerprint density at radius 1 is 1.45 bits per heavy atom. The zero-order chi connectivity index (χ0) is 15.1. The molecule has 1 unspecified atom stereocenters. The Kier molecular flexibility index (Phi) is 6.78. The van der Waals surface area contributed by atoms with E-state index in [0.29, 0.717) is 34.6 Å². The highest BCUT2D eigenvalue weighted by molar-refractivity contribution is 6.31. The van der Waals surface area contributed by atoms with Crippen molar-refractivity contribution < 1.29 is 15.1 Å². The van der Waals surface area contributed by atoms with Crippen molar-refractivity contribution in [3.63, 3.8) is 0 Å². The molecule has 0 spiro atoms. The molecule has 1 rings (SSSR count). The van der Waals surface area contributed by atoms with Gasteiger partial charge in [-0.3, -0.25) is 0 Å². The summed E-state index contributed by atoms with van der Waals surface area (Å²) in [4.78, 5) is 0. The summed E-state index contributed by atoms with van der Waals surface area (Å²) in [5.74, 6) is 0.522. The third-order valence-electron chi connectivity index (χ3n) is 2.67. The number of rotatable bonds is 7. The third-order valence-corrected chi connectivity index (χ3v) is 2.91. The van der Waals surface area contributed by atoms with E-state index in [1.807, 2.05) is 13.8 Å². The van der Waals surface area contributed by atoms with Gasteiger partial charge in [0.25, 0.3) is 0 Å². The maximum atomic E-state index is 9.81. The van der Waals surface area contributed by atoms with Gasteiger partial charge in [-0.15, -0.1) is 0 Å². The van der Waals surface area contributed by atoms with Gasteiger partial charge in [-0.2, -0.15) is 0 Å². The van der Waals surface area contributed by atoms with Crippen molar-refractivity contribution in [1.82, 2.24) is 5.32 Å². The van der Waals surface area contributed by atoms with Gasteiger partial charge in [-0.1, -0.05) is 30.6 Å². The number of hydrogen-bond donors (Lipinski definition) is 3. The summed E-state index contributed by atoms with van der Waals surface area (Å²) in [5.41, 5.74) is 1.00. The Balaban J connectivity index is 2.68. The Morgan fingerprint density at radius 2 is 2.15 bits per heavy atom. The molecule has 0 saturated heterocycles. The lowest BCUT2D eigenvalue weighted by Gasteiger charge is -2.16. The second-order valence-electron chi connectivity index (χ2n) is 4.85. The molecule has 0 aliphatic rings. The van der Waals surface area contributed by atoms with Crippen LogP contribution in [0.4, 0.5) is 0 Å². The van der Waals surface area contributed by atoms with Crippen molar-refractivity contribution in [2.24, 2.45) is 5.16 Å². The highest BCUT2D eigenvalue weighted by Crippen LogP contribution is 2.23. The zero-order valence-corrected chi connectivity index (χ0v) is 12.7. The number of ether oxygens (including phenoxy) is 1. The van der Waals surface area contributed by atoms with Gasteiger partial charge in [-0.25, -0.2) is 0 Å². The Hall–Kier alpha value is -1.30. The van der Waals surface area contributed by atoms with Crippen LogP contribution >= 0.6 is 11.6 Å². The molecule has 0 radical (unpaired) electrons. The summed E-state index contributed by atoms with van der Waals surface area (Å²) >= 11 is 5.91. The lowest BCUT2D eigenvalue weighted by atomic mass is 10.1. The summed E-state index contributed by atoms with van der Waals surface area (Å²) in [5, 5.41) is 25.5. The molecule has 0 fully saturated rings. The SMILES string of the molecule is CC(=NO)c1cc(Cl)ccc1OCC(O)CNC(C)C. The van der Waals surface area contributed by atoms with E-state index in [2.05, 4.69) is 10.5 Å². The molecular weight excluding hydrogens is 280 g/mol. The van der Waals surface area contributed by atoms with Gasteiger partial charge in [0.15, 0.2) is 0 Å². The first-order chi connectivity index (χ1) is 9.43. The topological polar surface area (TPSA) is 74.1 Å². The van der Waals surface area contributed by atoms with Crippen molar-refractivity contribution in [3.05, 3.63) is 28.8 Å². The highest BCUT2D eigenvalue weighted by atomic mass is 35.5. The molecular formula is C14H21ClN2O3. The fourth-order valence-corrected chi connectivity index (χ4v) is 1.75. The van der Waals surface area contributed by atoms with E-state index in [1.54, 1.807) is 25.1 Å². The number of hydrogen-bond acceptors (Lipinski definition) is 5. The number of oxime groups is 1. The number of nitrogens with one attached hydrogen (secondary N) is 1. The summed E-state index contributed by atoms with van der Waals surface area (Å²) in [6.45, 7) is 6.26. The summed E-state index contributed by atoms with van der Waals surface area (Å²) in [6, 6.07) is 5.34. The maximum absolute atomic E-state index is 9.81. The molecule has 0 aliphatic carbocycles. The monoisotopic (exact) mass is 300 g/mol. The Morgan fingerprint density at radius 3 is 2.75 bits per heavy atom. The van der Waals surface area contributed by atoms with Gasteiger partial charge in [-0.05, 0) is 25.1 Å². The molecule has 5 nitrogen and oxygen atoms in total. The van der Waals surface area contributed by atoms with Crippen LogP contribution in [0.3, 0.4) is 0 Å². The lowest BCUT2D eigenvalue weighted by molar-refractivity contribution is 0.104. The van der Waals surface area contributed by atoms with Crippen LogP contribution in [-0.2, 0) is 0 Å². The normalized spacial score (nSPS) is 13.6. The molecule has 0 saturated carbocycles. The standard InChI is InChI=1S/C14H21ClN2O3/c1-9(2)16-7-12(18)8-20-14-5-4-11(15)6-13(14)10(3)17-19/h4-6,9,12,16,18-19H,7-8H2,1-3H3. The van der Waals surface area contributed by atoms with Crippen molar-refractivity contribution in [1.29, 1.82) is 0 Å². The van der Waals surface area contributed by atoms with E-state index in [1.165, 1.54) is 0 Å². The smallest absolute Gasteiger partial charge is 0.128 e. The van der Waals surface area contributed by atoms with Gasteiger partial charge >= 0.3 is 0 Å². The van der Waals surface area contributed by atoms with Crippen LogP contribution in [0.2, 0.25) is 5.02 Å². The number of nitrogens with zero attached hydrogens (tertiary/aromatic N) is 1. The summed E-state index contributed by atoms with van der Waals surface area (Å²) < 4.78 is 5.57. The van der Waals surface area contributed by atoms with Crippen LogP contribution < -0.4 is 10.1 Å². The largest absolute Gasteiger partial charge is 0.490 e. The zero-order valence-electron chi connectivity index (χ0n) is 11.9. The summed E-state index contributed by atoms with van der Waals surface area (Å²) in [7, 11) is 0. The number of halogens is 1. The molecule has 3 N–H and O–H groups in total. The van der Waals surface area contributed by atoms with Crippen LogP contribution in [0.1, 0.15) is 26.3 Å². The van der Waals surface area contributed by atoms with Crippen LogP contribution in [-0.4, -0.2) is 41.3 Å². The number of aliphatic hydroxyl groups is 1. The average Bonchev–Trinajstić information content (AvgIpc) is 2.42. The van der Waals surface area contributed by atoms with Gasteiger partial charge in [0.2, 0.25) is 0 Å². The van der Waals surface area contributed by atoms with E-state index < -0.39 is 6.10 Å². The van der Waals surface area contributed by atoms with Crippen molar-refractivity contribution >= 4 is 17.3 Å². The molecule has 0 bridgehead atoms. The Bertz CT molecular complexity index is 464. The van der Waals surface area contributed by atoms with E-state index in [4.69, 9.17) is 21.5 Å². The quantitative estimate of drug-likeness (QED) is 0.410. The Labute approximate surface area is 124 Å². The van der Waals surface area contributed by atoms with Crippen molar-refractivity contribution in [2.45, 2.75) is 32.9 Å². The molecule has 0 aliphatic heterocycles. The van der Waals surface area contributed by atoms with Crippen LogP contribution in [0, 0.1) is 0 Å². The van der Waals surface area contributed by atoms with E-state index in [9.17, 15) is 5.11 Å². The maximum Gasteiger partial charge on any atom is 0.128 e. The minimum atomic E-state index is -0.618. The van der Waals surface area contributed by atoms with Crippen molar-refractivity contribution in [2.75, 3.05) is 13.2 Å². The fourth-order valence-electron chi connectivity index (χ4n) is 1.58. The minimum Gasteiger partial charge on any atom is -0.490 e. The molecule has 1 aromatic rings. The molecule has 0 aromatic heterocycles. The molecule has 112 valence electrons. The second kappa shape index (κ2) is 8.09. The molecule has 6 heteroatoms. The van der Waals surface area contributed by atoms with Crippen LogP contribution in [0.25, 0.3) is 0 Å².